The zero-order valence-electron chi connectivity index (χ0n) is 16.8. The molecule has 0 amide bonds. The van der Waals surface area contributed by atoms with E-state index < -0.39 is 12.1 Å². The first-order valence-electron chi connectivity index (χ1n) is 9.14. The highest BCUT2D eigenvalue weighted by Crippen LogP contribution is 2.31. The van der Waals surface area contributed by atoms with Gasteiger partial charge in [-0.2, -0.15) is 0 Å². The van der Waals surface area contributed by atoms with Crippen LogP contribution in [0, 0.1) is 0 Å². The predicted molar refractivity (Wildman–Crippen MR) is 107 cm³/mol. The lowest BCUT2D eigenvalue weighted by molar-refractivity contribution is -0.137. The number of hydrogen-bond donors (Lipinski definition) is 2. The van der Waals surface area contributed by atoms with Crippen LogP contribution in [0.5, 0.6) is 11.5 Å². The first kappa shape index (κ1) is 25.4. The molecule has 1 rings (SSSR count). The number of β-amino-alcohol motifs (C(OH)–C–C–N with tert-alkyl or cyclic N) is 1. The van der Waals surface area contributed by atoms with Crippen molar-refractivity contribution in [1.82, 2.24) is 5.32 Å². The van der Waals surface area contributed by atoms with Gasteiger partial charge in [0.05, 0.1) is 6.10 Å². The van der Waals surface area contributed by atoms with Crippen molar-refractivity contribution in [2.75, 3.05) is 6.54 Å². The van der Waals surface area contributed by atoms with Crippen LogP contribution in [-0.2, 0) is 9.59 Å². The Morgan fingerprint density at radius 1 is 1.04 bits per heavy atom. The molecule has 154 valence electrons. The van der Waals surface area contributed by atoms with Crippen LogP contribution in [0.2, 0.25) is 0 Å². The number of ether oxygens (including phenoxy) is 2. The van der Waals surface area contributed by atoms with E-state index in [0.29, 0.717) is 24.9 Å². The summed E-state index contributed by atoms with van der Waals surface area (Å²) in [4.78, 5) is 23.7. The van der Waals surface area contributed by atoms with Crippen molar-refractivity contribution >= 4 is 24.3 Å². The zero-order chi connectivity index (χ0) is 19.7. The molecule has 0 saturated heterocycles. The first-order chi connectivity index (χ1) is 12.2. The van der Waals surface area contributed by atoms with Crippen LogP contribution in [0.3, 0.4) is 0 Å². The second-order valence-corrected chi connectivity index (χ2v) is 7.30. The number of hydrogen-bond acceptors (Lipinski definition) is 6. The van der Waals surface area contributed by atoms with Gasteiger partial charge in [0.25, 0.3) is 0 Å². The lowest BCUT2D eigenvalue weighted by Crippen LogP contribution is -2.38. The van der Waals surface area contributed by atoms with Gasteiger partial charge in [0, 0.05) is 24.9 Å². The highest BCUT2D eigenvalue weighted by molar-refractivity contribution is 5.85. The molecule has 0 bridgehead atoms. The van der Waals surface area contributed by atoms with E-state index in [-0.39, 0.29) is 48.3 Å². The number of benzene rings is 1. The van der Waals surface area contributed by atoms with Gasteiger partial charge in [0.15, 0.2) is 11.5 Å². The predicted octanol–water partition coefficient (Wildman–Crippen LogP) is 3.94. The minimum absolute atomic E-state index is 0. The standard InChI is InChI=1S/C20H31NO5.ClH/c1-6-8-18(23)25-16-11-10-14(15(22)13-21-20(3,4)5)12-17(16)26-19(24)9-7-2;/h10-12,15,21-22H,6-9,13H2,1-5H3;1H/t15-;/m0./s1. The summed E-state index contributed by atoms with van der Waals surface area (Å²) in [7, 11) is 0. The van der Waals surface area contributed by atoms with Crippen molar-refractivity contribution in [2.24, 2.45) is 0 Å². The molecule has 0 radical (unpaired) electrons. The molecule has 6 nitrogen and oxygen atoms in total. The van der Waals surface area contributed by atoms with Crippen LogP contribution in [0.1, 0.15) is 72.0 Å². The quantitative estimate of drug-likeness (QED) is 0.481. The van der Waals surface area contributed by atoms with Gasteiger partial charge in [0.2, 0.25) is 0 Å². The van der Waals surface area contributed by atoms with Gasteiger partial charge in [0.1, 0.15) is 0 Å². The fraction of sp³-hybridized carbons (Fsp3) is 0.600. The van der Waals surface area contributed by atoms with Crippen LogP contribution in [-0.4, -0.2) is 29.1 Å². The maximum Gasteiger partial charge on any atom is 0.311 e. The molecule has 0 fully saturated rings. The smallest absolute Gasteiger partial charge is 0.311 e. The lowest BCUT2D eigenvalue weighted by Gasteiger charge is -2.23. The Labute approximate surface area is 168 Å². The largest absolute Gasteiger partial charge is 0.423 e. The van der Waals surface area contributed by atoms with Gasteiger partial charge in [-0.3, -0.25) is 9.59 Å². The Morgan fingerprint density at radius 2 is 1.56 bits per heavy atom. The third-order valence-corrected chi connectivity index (χ3v) is 3.53. The summed E-state index contributed by atoms with van der Waals surface area (Å²) >= 11 is 0. The SMILES string of the molecule is CCCC(=O)Oc1ccc([C@@H](O)CNC(C)(C)C)cc1OC(=O)CCC.Cl. The van der Waals surface area contributed by atoms with E-state index >= 15 is 0 Å². The molecular formula is C20H32ClNO5. The molecule has 0 heterocycles. The highest BCUT2D eigenvalue weighted by atomic mass is 35.5. The Morgan fingerprint density at radius 3 is 2.04 bits per heavy atom. The van der Waals surface area contributed by atoms with Gasteiger partial charge >= 0.3 is 11.9 Å². The number of aliphatic hydroxyl groups is 1. The first-order valence-corrected chi connectivity index (χ1v) is 9.14. The number of halogens is 1. The second-order valence-electron chi connectivity index (χ2n) is 7.30. The molecule has 1 aromatic carbocycles. The molecule has 27 heavy (non-hydrogen) atoms. The van der Waals surface area contributed by atoms with Crippen molar-refractivity contribution in [2.45, 2.75) is 71.9 Å². The van der Waals surface area contributed by atoms with Crippen molar-refractivity contribution in [3.63, 3.8) is 0 Å². The highest BCUT2D eigenvalue weighted by Gasteiger charge is 2.18. The monoisotopic (exact) mass is 401 g/mol. The Kier molecular flexibility index (Phi) is 11.2. The topological polar surface area (TPSA) is 84.9 Å². The minimum Gasteiger partial charge on any atom is -0.423 e. The summed E-state index contributed by atoms with van der Waals surface area (Å²) in [6.45, 7) is 10.1. The van der Waals surface area contributed by atoms with Crippen LogP contribution < -0.4 is 14.8 Å². The van der Waals surface area contributed by atoms with E-state index in [1.165, 1.54) is 0 Å². The molecule has 1 atom stereocenters. The van der Waals surface area contributed by atoms with E-state index in [2.05, 4.69) is 5.32 Å². The number of carbonyl (C=O) groups excluding carboxylic acids is 2. The Bertz CT molecular complexity index is 613. The van der Waals surface area contributed by atoms with Crippen molar-refractivity contribution in [1.29, 1.82) is 0 Å². The molecule has 2 N–H and O–H groups in total. The third-order valence-electron chi connectivity index (χ3n) is 3.53. The number of esters is 2. The summed E-state index contributed by atoms with van der Waals surface area (Å²) in [5, 5.41) is 13.6. The number of aliphatic hydroxyl groups excluding tert-OH is 1. The van der Waals surface area contributed by atoms with Crippen molar-refractivity contribution in [3.8, 4) is 11.5 Å². The molecule has 0 aliphatic rings. The molecule has 0 aromatic heterocycles. The summed E-state index contributed by atoms with van der Waals surface area (Å²) in [6.07, 6.45) is 1.09. The van der Waals surface area contributed by atoms with Gasteiger partial charge in [-0.05, 0) is 51.3 Å². The molecular weight excluding hydrogens is 370 g/mol. The van der Waals surface area contributed by atoms with Gasteiger partial charge in [-0.15, -0.1) is 12.4 Å². The summed E-state index contributed by atoms with van der Waals surface area (Å²) in [6, 6.07) is 4.77. The molecule has 0 spiro atoms. The second kappa shape index (κ2) is 12.0. The maximum absolute atomic E-state index is 11.9. The summed E-state index contributed by atoms with van der Waals surface area (Å²) in [5.74, 6) is -0.449. The third kappa shape index (κ3) is 9.75. The summed E-state index contributed by atoms with van der Waals surface area (Å²) in [5.41, 5.74) is 0.448. The van der Waals surface area contributed by atoms with E-state index in [9.17, 15) is 14.7 Å². The molecule has 0 saturated carbocycles. The molecule has 1 aromatic rings. The van der Waals surface area contributed by atoms with Crippen LogP contribution in [0.4, 0.5) is 0 Å². The minimum atomic E-state index is -0.779. The molecule has 0 aliphatic carbocycles. The van der Waals surface area contributed by atoms with E-state index in [0.717, 1.165) is 0 Å². The molecule has 0 unspecified atom stereocenters. The lowest BCUT2D eigenvalue weighted by atomic mass is 10.1. The Balaban J connectivity index is 0.00000676. The molecule has 7 heteroatoms. The van der Waals surface area contributed by atoms with E-state index in [1.807, 2.05) is 34.6 Å². The molecule has 0 aliphatic heterocycles. The number of carbonyl (C=O) groups is 2. The summed E-state index contributed by atoms with van der Waals surface area (Å²) < 4.78 is 10.7. The average molecular weight is 402 g/mol. The van der Waals surface area contributed by atoms with E-state index in [1.54, 1.807) is 18.2 Å². The van der Waals surface area contributed by atoms with Crippen molar-refractivity contribution in [3.05, 3.63) is 23.8 Å². The van der Waals surface area contributed by atoms with E-state index in [4.69, 9.17) is 9.47 Å². The van der Waals surface area contributed by atoms with Crippen LogP contribution in [0.25, 0.3) is 0 Å². The Hall–Kier alpha value is -1.63. The van der Waals surface area contributed by atoms with Gasteiger partial charge in [-0.1, -0.05) is 19.9 Å². The normalized spacial score (nSPS) is 12.1. The van der Waals surface area contributed by atoms with Crippen LogP contribution >= 0.6 is 12.4 Å². The average Bonchev–Trinajstić information content (AvgIpc) is 2.54. The van der Waals surface area contributed by atoms with Crippen LogP contribution in [0.15, 0.2) is 18.2 Å². The van der Waals surface area contributed by atoms with Gasteiger partial charge < -0.3 is 19.9 Å². The maximum atomic E-state index is 11.9. The van der Waals surface area contributed by atoms with Gasteiger partial charge in [-0.25, -0.2) is 0 Å². The fourth-order valence-corrected chi connectivity index (χ4v) is 2.17. The van der Waals surface area contributed by atoms with Crippen molar-refractivity contribution < 1.29 is 24.2 Å². The zero-order valence-corrected chi connectivity index (χ0v) is 17.6. The number of rotatable bonds is 9. The number of nitrogens with one attached hydrogen (secondary N) is 1. The fourth-order valence-electron chi connectivity index (χ4n) is 2.17.